The van der Waals surface area contributed by atoms with E-state index in [0.29, 0.717) is 11.4 Å². The van der Waals surface area contributed by atoms with Gasteiger partial charge in [0.25, 0.3) is 5.91 Å². The molecule has 1 saturated heterocycles. The SMILES string of the molecule is CC(C)C1NC(=O)N(c2ccc(N)cc2)C1=O. The van der Waals surface area contributed by atoms with E-state index in [1.165, 1.54) is 0 Å². The largest absolute Gasteiger partial charge is 0.399 e. The van der Waals surface area contributed by atoms with Crippen molar-refractivity contribution in [3.63, 3.8) is 0 Å². The molecule has 5 heteroatoms. The number of carbonyl (C=O) groups excluding carboxylic acids is 2. The quantitative estimate of drug-likeness (QED) is 0.598. The molecule has 90 valence electrons. The van der Waals surface area contributed by atoms with Crippen LogP contribution >= 0.6 is 0 Å². The number of urea groups is 1. The molecule has 0 spiro atoms. The average molecular weight is 233 g/mol. The lowest BCUT2D eigenvalue weighted by Crippen LogP contribution is -2.34. The van der Waals surface area contributed by atoms with Crippen molar-refractivity contribution in [2.45, 2.75) is 19.9 Å². The summed E-state index contributed by atoms with van der Waals surface area (Å²) in [6.45, 7) is 3.80. The fourth-order valence-corrected chi connectivity index (χ4v) is 1.82. The number of carbonyl (C=O) groups is 2. The van der Waals surface area contributed by atoms with Crippen LogP contribution in [0.5, 0.6) is 0 Å². The summed E-state index contributed by atoms with van der Waals surface area (Å²) in [5, 5.41) is 2.67. The zero-order chi connectivity index (χ0) is 12.6. The molecule has 1 aliphatic rings. The first-order chi connectivity index (χ1) is 8.00. The summed E-state index contributed by atoms with van der Waals surface area (Å²) in [6, 6.07) is 5.83. The lowest BCUT2D eigenvalue weighted by atomic mass is 10.0. The standard InChI is InChI=1S/C12H15N3O2/c1-7(2)10-11(16)15(12(17)14-10)9-5-3-8(13)4-6-9/h3-7,10H,13H2,1-2H3,(H,14,17). The Morgan fingerprint density at radius 2 is 1.82 bits per heavy atom. The molecule has 1 unspecified atom stereocenters. The molecule has 0 radical (unpaired) electrons. The van der Waals surface area contributed by atoms with Crippen LogP contribution in [-0.2, 0) is 4.79 Å². The Morgan fingerprint density at radius 3 is 2.29 bits per heavy atom. The molecule has 1 aromatic rings. The third-order valence-electron chi connectivity index (χ3n) is 2.79. The van der Waals surface area contributed by atoms with Gasteiger partial charge in [0.05, 0.1) is 5.69 Å². The Kier molecular flexibility index (Phi) is 2.75. The molecule has 17 heavy (non-hydrogen) atoms. The van der Waals surface area contributed by atoms with Crippen molar-refractivity contribution in [1.82, 2.24) is 5.32 Å². The van der Waals surface area contributed by atoms with Gasteiger partial charge in [-0.05, 0) is 30.2 Å². The van der Waals surface area contributed by atoms with E-state index in [0.717, 1.165) is 4.90 Å². The van der Waals surface area contributed by atoms with Crippen molar-refractivity contribution in [1.29, 1.82) is 0 Å². The van der Waals surface area contributed by atoms with Gasteiger partial charge in [-0.15, -0.1) is 0 Å². The van der Waals surface area contributed by atoms with Crippen LogP contribution in [-0.4, -0.2) is 18.0 Å². The van der Waals surface area contributed by atoms with Crippen molar-refractivity contribution >= 4 is 23.3 Å². The number of nitrogens with two attached hydrogens (primary N) is 1. The van der Waals surface area contributed by atoms with Crippen molar-refractivity contribution in [3.8, 4) is 0 Å². The third kappa shape index (κ3) is 1.95. The minimum absolute atomic E-state index is 0.0743. The van der Waals surface area contributed by atoms with Gasteiger partial charge >= 0.3 is 6.03 Å². The molecule has 3 amide bonds. The Balaban J connectivity index is 2.30. The predicted octanol–water partition coefficient (Wildman–Crippen LogP) is 1.35. The highest BCUT2D eigenvalue weighted by atomic mass is 16.2. The number of hydrogen-bond acceptors (Lipinski definition) is 3. The van der Waals surface area contributed by atoms with Gasteiger partial charge in [0, 0.05) is 5.69 Å². The predicted molar refractivity (Wildman–Crippen MR) is 65.5 cm³/mol. The van der Waals surface area contributed by atoms with Crippen LogP contribution in [0, 0.1) is 5.92 Å². The number of amides is 3. The van der Waals surface area contributed by atoms with Gasteiger partial charge < -0.3 is 11.1 Å². The Labute approximate surface area is 99.6 Å². The number of benzene rings is 1. The van der Waals surface area contributed by atoms with Gasteiger partial charge in [-0.25, -0.2) is 9.69 Å². The van der Waals surface area contributed by atoms with E-state index in [4.69, 9.17) is 5.73 Å². The monoisotopic (exact) mass is 233 g/mol. The first-order valence-corrected chi connectivity index (χ1v) is 5.50. The minimum Gasteiger partial charge on any atom is -0.399 e. The molecule has 1 fully saturated rings. The second kappa shape index (κ2) is 4.08. The molecule has 2 rings (SSSR count). The van der Waals surface area contributed by atoms with Crippen molar-refractivity contribution in [2.75, 3.05) is 10.6 Å². The second-order valence-corrected chi connectivity index (χ2v) is 4.44. The number of nitrogen functional groups attached to an aromatic ring is 1. The first kappa shape index (κ1) is 11.4. The number of hydrogen-bond donors (Lipinski definition) is 2. The van der Waals surface area contributed by atoms with E-state index >= 15 is 0 Å². The molecule has 5 nitrogen and oxygen atoms in total. The third-order valence-corrected chi connectivity index (χ3v) is 2.79. The lowest BCUT2D eigenvalue weighted by Gasteiger charge is -2.14. The molecule has 1 aromatic carbocycles. The molecule has 1 aliphatic heterocycles. The molecule has 0 bridgehead atoms. The van der Waals surface area contributed by atoms with E-state index < -0.39 is 6.04 Å². The van der Waals surface area contributed by atoms with Gasteiger partial charge in [-0.1, -0.05) is 13.8 Å². The maximum absolute atomic E-state index is 12.1. The summed E-state index contributed by atoms with van der Waals surface area (Å²) in [7, 11) is 0. The maximum Gasteiger partial charge on any atom is 0.329 e. The summed E-state index contributed by atoms with van der Waals surface area (Å²) in [5.74, 6) is -0.139. The summed E-state index contributed by atoms with van der Waals surface area (Å²) in [5.41, 5.74) is 6.71. The fourth-order valence-electron chi connectivity index (χ4n) is 1.82. The van der Waals surface area contributed by atoms with E-state index in [1.807, 2.05) is 13.8 Å². The number of rotatable bonds is 2. The Hall–Kier alpha value is -2.04. The summed E-state index contributed by atoms with van der Waals surface area (Å²) >= 11 is 0. The van der Waals surface area contributed by atoms with Gasteiger partial charge in [0.1, 0.15) is 6.04 Å². The summed E-state index contributed by atoms with van der Waals surface area (Å²) in [4.78, 5) is 25.0. The smallest absolute Gasteiger partial charge is 0.329 e. The van der Waals surface area contributed by atoms with Crippen LogP contribution in [0.4, 0.5) is 16.2 Å². The van der Waals surface area contributed by atoms with Gasteiger partial charge in [-0.3, -0.25) is 4.79 Å². The Morgan fingerprint density at radius 1 is 1.24 bits per heavy atom. The van der Waals surface area contributed by atoms with Crippen LogP contribution < -0.4 is 16.0 Å². The topological polar surface area (TPSA) is 75.4 Å². The van der Waals surface area contributed by atoms with Gasteiger partial charge in [0.2, 0.25) is 0 Å². The van der Waals surface area contributed by atoms with E-state index in [1.54, 1.807) is 24.3 Å². The van der Waals surface area contributed by atoms with Crippen molar-refractivity contribution < 1.29 is 9.59 Å². The fraction of sp³-hybridized carbons (Fsp3) is 0.333. The zero-order valence-electron chi connectivity index (χ0n) is 9.81. The van der Waals surface area contributed by atoms with Crippen LogP contribution in [0.15, 0.2) is 24.3 Å². The summed E-state index contributed by atoms with van der Waals surface area (Å²) < 4.78 is 0. The highest BCUT2D eigenvalue weighted by molar-refractivity contribution is 6.21. The molecule has 1 heterocycles. The molecular formula is C12H15N3O2. The van der Waals surface area contributed by atoms with E-state index in [9.17, 15) is 9.59 Å². The lowest BCUT2D eigenvalue weighted by molar-refractivity contribution is -0.119. The summed E-state index contributed by atoms with van der Waals surface area (Å²) in [6.07, 6.45) is 0. The number of anilines is 2. The first-order valence-electron chi connectivity index (χ1n) is 5.50. The van der Waals surface area contributed by atoms with Crippen LogP contribution in [0.3, 0.4) is 0 Å². The highest BCUT2D eigenvalue weighted by Gasteiger charge is 2.40. The minimum atomic E-state index is -0.444. The number of nitrogens with one attached hydrogen (secondary N) is 1. The van der Waals surface area contributed by atoms with E-state index in [-0.39, 0.29) is 17.9 Å². The second-order valence-electron chi connectivity index (χ2n) is 4.44. The molecule has 0 aromatic heterocycles. The molecule has 3 N–H and O–H groups in total. The van der Waals surface area contributed by atoms with Crippen LogP contribution in [0.25, 0.3) is 0 Å². The number of nitrogens with zero attached hydrogens (tertiary/aromatic N) is 1. The molecule has 0 aliphatic carbocycles. The maximum atomic E-state index is 12.1. The molecule has 0 saturated carbocycles. The molecule has 1 atom stereocenters. The highest BCUT2D eigenvalue weighted by Crippen LogP contribution is 2.22. The van der Waals surface area contributed by atoms with E-state index in [2.05, 4.69) is 5.32 Å². The number of imide groups is 1. The van der Waals surface area contributed by atoms with Crippen molar-refractivity contribution in [2.24, 2.45) is 5.92 Å². The van der Waals surface area contributed by atoms with Crippen molar-refractivity contribution in [3.05, 3.63) is 24.3 Å². The average Bonchev–Trinajstić information content (AvgIpc) is 2.56. The Bertz CT molecular complexity index is 453. The van der Waals surface area contributed by atoms with Crippen LogP contribution in [0.2, 0.25) is 0 Å². The molecular weight excluding hydrogens is 218 g/mol. The van der Waals surface area contributed by atoms with Gasteiger partial charge in [-0.2, -0.15) is 0 Å². The van der Waals surface area contributed by atoms with Crippen LogP contribution in [0.1, 0.15) is 13.8 Å². The zero-order valence-corrected chi connectivity index (χ0v) is 9.81. The normalized spacial score (nSPS) is 19.9. The van der Waals surface area contributed by atoms with Gasteiger partial charge in [0.15, 0.2) is 0 Å².